The third kappa shape index (κ3) is 3.58. The lowest BCUT2D eigenvalue weighted by Crippen LogP contribution is -2.30. The third-order valence-corrected chi connectivity index (χ3v) is 6.22. The molecule has 0 radical (unpaired) electrons. The molecule has 0 N–H and O–H groups in total. The lowest BCUT2D eigenvalue weighted by atomic mass is 9.79. The van der Waals surface area contributed by atoms with Crippen LogP contribution >= 0.6 is 0 Å². The molecule has 32 heavy (non-hydrogen) atoms. The van der Waals surface area contributed by atoms with Crippen molar-refractivity contribution in [3.8, 4) is 0 Å². The Morgan fingerprint density at radius 3 is 2.09 bits per heavy atom. The van der Waals surface area contributed by atoms with Crippen molar-refractivity contribution in [3.63, 3.8) is 0 Å². The van der Waals surface area contributed by atoms with Gasteiger partial charge in [-0.2, -0.15) is 0 Å². The molecule has 0 aromatic heterocycles. The van der Waals surface area contributed by atoms with E-state index in [-0.39, 0.29) is 5.97 Å². The number of esters is 1. The van der Waals surface area contributed by atoms with E-state index in [1.165, 1.54) is 5.70 Å². The zero-order valence-electron chi connectivity index (χ0n) is 19.7. The molecule has 1 heterocycles. The van der Waals surface area contributed by atoms with Gasteiger partial charge in [0.25, 0.3) is 0 Å². The van der Waals surface area contributed by atoms with Gasteiger partial charge in [-0.05, 0) is 30.3 Å². The van der Waals surface area contributed by atoms with Gasteiger partial charge in [-0.3, -0.25) is 0 Å². The fourth-order valence-electron chi connectivity index (χ4n) is 4.31. The molecule has 1 atom stereocenters. The summed E-state index contributed by atoms with van der Waals surface area (Å²) < 4.78 is 6.30. The van der Waals surface area contributed by atoms with Crippen LogP contribution in [0.1, 0.15) is 27.9 Å². The van der Waals surface area contributed by atoms with Crippen molar-refractivity contribution < 1.29 is 9.53 Å². The molecule has 0 saturated carbocycles. The number of nitrogens with zero attached hydrogens (tertiary/aromatic N) is 3. The first-order valence-electron chi connectivity index (χ1n) is 10.8. The minimum absolute atomic E-state index is 0.296. The fourth-order valence-corrected chi connectivity index (χ4v) is 4.31. The molecule has 4 rings (SSSR count). The number of allylic oxidation sites excluding steroid dienone is 3. The molecule has 0 saturated heterocycles. The van der Waals surface area contributed by atoms with Gasteiger partial charge in [0.1, 0.15) is 0 Å². The van der Waals surface area contributed by atoms with Crippen LogP contribution in [-0.2, 0) is 10.3 Å². The summed E-state index contributed by atoms with van der Waals surface area (Å²) in [6.45, 7) is 0. The number of carbonyl (C=O) groups is 1. The largest absolute Gasteiger partial charge is 0.441 e. The molecule has 1 aliphatic heterocycles. The lowest BCUT2D eigenvalue weighted by molar-refractivity contribution is 0.0249. The minimum atomic E-state index is -0.989. The van der Waals surface area contributed by atoms with E-state index in [0.717, 1.165) is 34.5 Å². The maximum Gasteiger partial charge on any atom is 0.340 e. The summed E-state index contributed by atoms with van der Waals surface area (Å²) >= 11 is 0. The highest BCUT2D eigenvalue weighted by Crippen LogP contribution is 2.49. The molecular formula is C27H31N3O2. The van der Waals surface area contributed by atoms with Gasteiger partial charge in [-0.25, -0.2) is 4.79 Å². The predicted octanol–water partition coefficient (Wildman–Crippen LogP) is 4.56. The Morgan fingerprint density at radius 1 is 0.812 bits per heavy atom. The maximum absolute atomic E-state index is 13.2. The van der Waals surface area contributed by atoms with Crippen molar-refractivity contribution in [1.82, 2.24) is 4.90 Å². The third-order valence-electron chi connectivity index (χ3n) is 6.22. The van der Waals surface area contributed by atoms with Crippen LogP contribution in [0, 0.1) is 0 Å². The van der Waals surface area contributed by atoms with Crippen molar-refractivity contribution >= 4 is 17.3 Å². The number of cyclic esters (lactones) is 1. The zero-order chi connectivity index (χ0) is 23.0. The summed E-state index contributed by atoms with van der Waals surface area (Å²) in [6, 6.07) is 14.3. The number of rotatable bonds is 5. The first-order valence-corrected chi connectivity index (χ1v) is 10.8. The number of hydrogen-bond acceptors (Lipinski definition) is 5. The van der Waals surface area contributed by atoms with Crippen LogP contribution in [-0.4, -0.2) is 53.2 Å². The molecule has 2 aliphatic rings. The molecule has 0 bridgehead atoms. The van der Waals surface area contributed by atoms with Crippen LogP contribution in [0.2, 0.25) is 0 Å². The molecule has 2 aromatic rings. The van der Waals surface area contributed by atoms with Gasteiger partial charge in [0.2, 0.25) is 0 Å². The van der Waals surface area contributed by atoms with E-state index in [2.05, 4.69) is 58.4 Å². The van der Waals surface area contributed by atoms with E-state index >= 15 is 0 Å². The number of hydrogen-bond donors (Lipinski definition) is 0. The summed E-state index contributed by atoms with van der Waals surface area (Å²) in [6.07, 6.45) is 9.25. The SMILES string of the molecule is CN(C)C1=CC=C(C2(c3ccc(N(C)C)cc3)OC(=O)c3cc(N(C)C)ccc32)C=CC1. The Kier molecular flexibility index (Phi) is 5.59. The topological polar surface area (TPSA) is 36.0 Å². The quantitative estimate of drug-likeness (QED) is 0.651. The first kappa shape index (κ1) is 21.8. The Balaban J connectivity index is 1.95. The van der Waals surface area contributed by atoms with Gasteiger partial charge in [0, 0.05) is 82.5 Å². The highest BCUT2D eigenvalue weighted by Gasteiger charge is 2.49. The molecule has 0 fully saturated rings. The first-order chi connectivity index (χ1) is 15.2. The molecule has 0 spiro atoms. The van der Waals surface area contributed by atoms with Gasteiger partial charge in [-0.1, -0.05) is 36.4 Å². The van der Waals surface area contributed by atoms with Gasteiger partial charge < -0.3 is 19.4 Å². The summed E-state index contributed by atoms with van der Waals surface area (Å²) in [5, 5.41) is 0. The average molecular weight is 430 g/mol. The molecule has 1 aliphatic carbocycles. The summed E-state index contributed by atoms with van der Waals surface area (Å²) in [5.41, 5.74) is 5.64. The van der Waals surface area contributed by atoms with E-state index in [4.69, 9.17) is 4.74 Å². The molecule has 5 nitrogen and oxygen atoms in total. The molecule has 0 amide bonds. The second-order valence-electron chi connectivity index (χ2n) is 8.92. The Morgan fingerprint density at radius 2 is 1.47 bits per heavy atom. The van der Waals surface area contributed by atoms with Gasteiger partial charge >= 0.3 is 5.97 Å². The van der Waals surface area contributed by atoms with E-state index in [1.54, 1.807) is 0 Å². The highest BCUT2D eigenvalue weighted by molar-refractivity contribution is 5.97. The van der Waals surface area contributed by atoms with Crippen LogP contribution in [0.5, 0.6) is 0 Å². The molecular weight excluding hydrogens is 398 g/mol. The fraction of sp³-hybridized carbons (Fsp3) is 0.296. The molecule has 5 heteroatoms. The number of ether oxygens (including phenoxy) is 1. The van der Waals surface area contributed by atoms with E-state index < -0.39 is 5.60 Å². The smallest absolute Gasteiger partial charge is 0.340 e. The summed E-state index contributed by atoms with van der Waals surface area (Å²) in [7, 11) is 12.1. The van der Waals surface area contributed by atoms with E-state index in [0.29, 0.717) is 5.56 Å². The molecule has 2 aromatic carbocycles. The number of benzene rings is 2. The predicted molar refractivity (Wildman–Crippen MR) is 131 cm³/mol. The van der Waals surface area contributed by atoms with Crippen molar-refractivity contribution in [2.75, 3.05) is 52.1 Å². The van der Waals surface area contributed by atoms with Crippen molar-refractivity contribution in [3.05, 3.63) is 94.7 Å². The van der Waals surface area contributed by atoms with Crippen LogP contribution in [0.3, 0.4) is 0 Å². The highest BCUT2D eigenvalue weighted by atomic mass is 16.6. The number of carbonyl (C=O) groups excluding carboxylic acids is 1. The zero-order valence-corrected chi connectivity index (χ0v) is 19.7. The van der Waals surface area contributed by atoms with Gasteiger partial charge in [0.15, 0.2) is 5.60 Å². The van der Waals surface area contributed by atoms with E-state index in [9.17, 15) is 4.79 Å². The van der Waals surface area contributed by atoms with Gasteiger partial charge in [0.05, 0.1) is 5.56 Å². The molecule has 166 valence electrons. The van der Waals surface area contributed by atoms with Crippen LogP contribution < -0.4 is 9.80 Å². The van der Waals surface area contributed by atoms with Crippen LogP contribution in [0.4, 0.5) is 11.4 Å². The number of fused-ring (bicyclic) bond motifs is 1. The van der Waals surface area contributed by atoms with Crippen LogP contribution in [0.25, 0.3) is 0 Å². The second kappa shape index (κ2) is 8.23. The monoisotopic (exact) mass is 429 g/mol. The minimum Gasteiger partial charge on any atom is -0.441 e. The van der Waals surface area contributed by atoms with E-state index in [1.807, 2.05) is 65.4 Å². The van der Waals surface area contributed by atoms with Crippen LogP contribution in [0.15, 0.2) is 78.0 Å². The Labute approximate surface area is 190 Å². The standard InChI is InChI=1S/C27H31N3O2/c1-28(2)21-9-7-8-19(10-13-21)27(20-11-14-22(15-12-20)29(3)4)25-17-16-23(30(5)6)18-24(25)26(31)32-27/h7-8,10-18H,9H2,1-6H3. The summed E-state index contributed by atoms with van der Waals surface area (Å²) in [4.78, 5) is 19.4. The molecule has 1 unspecified atom stereocenters. The van der Waals surface area contributed by atoms with Gasteiger partial charge in [-0.15, -0.1) is 0 Å². The second-order valence-corrected chi connectivity index (χ2v) is 8.92. The summed E-state index contributed by atoms with van der Waals surface area (Å²) in [5.74, 6) is -0.296. The Bertz CT molecular complexity index is 1120. The number of anilines is 2. The van der Waals surface area contributed by atoms with Crippen molar-refractivity contribution in [2.45, 2.75) is 12.0 Å². The maximum atomic E-state index is 13.2. The Hall–Kier alpha value is -3.47. The van der Waals surface area contributed by atoms with Crippen molar-refractivity contribution in [1.29, 1.82) is 0 Å². The lowest BCUT2D eigenvalue weighted by Gasteiger charge is -2.31. The normalized spacial score (nSPS) is 19.5. The average Bonchev–Trinajstić information content (AvgIpc) is 2.92. The van der Waals surface area contributed by atoms with Crippen molar-refractivity contribution in [2.24, 2.45) is 0 Å².